The van der Waals surface area contributed by atoms with Crippen LogP contribution in [0.2, 0.25) is 0 Å². The number of aromatic carboxylic acids is 1. The van der Waals surface area contributed by atoms with Gasteiger partial charge in [-0.15, -0.1) is 0 Å². The highest BCUT2D eigenvalue weighted by molar-refractivity contribution is 5.95. The van der Waals surface area contributed by atoms with Gasteiger partial charge in [0.25, 0.3) is 0 Å². The zero-order valence-electron chi connectivity index (χ0n) is 11.9. The van der Waals surface area contributed by atoms with Crippen molar-refractivity contribution >= 4 is 17.6 Å². The van der Waals surface area contributed by atoms with Crippen molar-refractivity contribution in [2.75, 3.05) is 5.32 Å². The molecular weight excluding hydrogens is 242 g/mol. The maximum Gasteiger partial charge on any atom is 0.336 e. The van der Waals surface area contributed by atoms with Crippen LogP contribution >= 0.6 is 0 Å². The molecule has 1 aromatic carbocycles. The van der Waals surface area contributed by atoms with Crippen LogP contribution in [0.1, 0.15) is 48.2 Å². The number of carbonyl (C=O) groups is 2. The van der Waals surface area contributed by atoms with E-state index in [-0.39, 0.29) is 11.5 Å². The van der Waals surface area contributed by atoms with E-state index in [1.165, 1.54) is 6.07 Å². The lowest BCUT2D eigenvalue weighted by Crippen LogP contribution is -2.16. The van der Waals surface area contributed by atoms with Gasteiger partial charge in [0, 0.05) is 12.1 Å². The summed E-state index contributed by atoms with van der Waals surface area (Å²) in [6.45, 7) is 7.67. The molecule has 0 radical (unpaired) electrons. The highest BCUT2D eigenvalue weighted by atomic mass is 16.4. The third-order valence-corrected chi connectivity index (χ3v) is 3.31. The highest BCUT2D eigenvalue weighted by Crippen LogP contribution is 2.21. The summed E-state index contributed by atoms with van der Waals surface area (Å²) in [7, 11) is 0. The van der Waals surface area contributed by atoms with Crippen molar-refractivity contribution in [1.82, 2.24) is 0 Å². The number of rotatable bonds is 5. The van der Waals surface area contributed by atoms with Crippen LogP contribution in [-0.2, 0) is 4.79 Å². The molecule has 1 atom stereocenters. The van der Waals surface area contributed by atoms with E-state index in [9.17, 15) is 9.59 Å². The minimum absolute atomic E-state index is 0.0716. The summed E-state index contributed by atoms with van der Waals surface area (Å²) in [5.74, 6) is -0.725. The second-order valence-corrected chi connectivity index (χ2v) is 5.05. The minimum atomic E-state index is -0.977. The number of amides is 1. The van der Waals surface area contributed by atoms with Gasteiger partial charge in [0.2, 0.25) is 5.91 Å². The van der Waals surface area contributed by atoms with Crippen LogP contribution in [0.3, 0.4) is 0 Å². The predicted molar refractivity (Wildman–Crippen MR) is 75.6 cm³/mol. The summed E-state index contributed by atoms with van der Waals surface area (Å²) < 4.78 is 0. The lowest BCUT2D eigenvalue weighted by molar-refractivity contribution is -0.117. The smallest absolute Gasteiger partial charge is 0.336 e. The molecule has 19 heavy (non-hydrogen) atoms. The van der Waals surface area contributed by atoms with E-state index in [1.807, 2.05) is 20.8 Å². The summed E-state index contributed by atoms with van der Waals surface area (Å²) in [5, 5.41) is 11.9. The van der Waals surface area contributed by atoms with Gasteiger partial charge in [-0.3, -0.25) is 4.79 Å². The van der Waals surface area contributed by atoms with Gasteiger partial charge >= 0.3 is 5.97 Å². The fraction of sp³-hybridized carbons (Fsp3) is 0.467. The molecule has 1 amide bonds. The van der Waals surface area contributed by atoms with Crippen molar-refractivity contribution in [3.05, 3.63) is 28.8 Å². The Morgan fingerprint density at radius 1 is 1.26 bits per heavy atom. The first-order chi connectivity index (χ1) is 8.85. The van der Waals surface area contributed by atoms with E-state index in [0.29, 0.717) is 23.6 Å². The van der Waals surface area contributed by atoms with Crippen molar-refractivity contribution in [2.45, 2.75) is 40.5 Å². The number of aryl methyl sites for hydroxylation is 2. The molecule has 0 fully saturated rings. The van der Waals surface area contributed by atoms with Crippen molar-refractivity contribution in [2.24, 2.45) is 5.92 Å². The van der Waals surface area contributed by atoms with E-state index in [0.717, 1.165) is 12.0 Å². The van der Waals surface area contributed by atoms with Crippen LogP contribution in [0, 0.1) is 19.8 Å². The van der Waals surface area contributed by atoms with Gasteiger partial charge in [-0.1, -0.05) is 26.3 Å². The Bertz CT molecular complexity index is 494. The molecule has 104 valence electrons. The number of carbonyl (C=O) groups excluding carboxylic acids is 1. The standard InChI is InChI=1S/C15H21NO3/c1-5-9(2)6-14(17)16-13-8-12(15(18)19)10(3)7-11(13)4/h7-9H,5-6H2,1-4H3,(H,16,17)(H,18,19). The van der Waals surface area contributed by atoms with E-state index < -0.39 is 5.97 Å². The molecule has 0 aliphatic rings. The maximum atomic E-state index is 11.8. The molecule has 0 bridgehead atoms. The second-order valence-electron chi connectivity index (χ2n) is 5.05. The molecule has 0 heterocycles. The summed E-state index contributed by atoms with van der Waals surface area (Å²) in [6.07, 6.45) is 1.40. The molecular formula is C15H21NO3. The molecule has 2 N–H and O–H groups in total. The first-order valence-electron chi connectivity index (χ1n) is 6.49. The Morgan fingerprint density at radius 2 is 1.89 bits per heavy atom. The Labute approximate surface area is 113 Å². The fourth-order valence-corrected chi connectivity index (χ4v) is 1.88. The average Bonchev–Trinajstić information content (AvgIpc) is 2.31. The Kier molecular flexibility index (Phi) is 5.10. The maximum absolute atomic E-state index is 11.8. The lowest BCUT2D eigenvalue weighted by Gasteiger charge is -2.13. The number of nitrogens with one attached hydrogen (secondary N) is 1. The largest absolute Gasteiger partial charge is 0.478 e. The molecule has 0 aromatic heterocycles. The Balaban J connectivity index is 2.92. The lowest BCUT2D eigenvalue weighted by atomic mass is 10.0. The summed E-state index contributed by atoms with van der Waals surface area (Å²) >= 11 is 0. The molecule has 0 saturated carbocycles. The van der Waals surface area contributed by atoms with Gasteiger partial charge < -0.3 is 10.4 Å². The number of anilines is 1. The van der Waals surface area contributed by atoms with Crippen molar-refractivity contribution in [1.29, 1.82) is 0 Å². The van der Waals surface area contributed by atoms with Gasteiger partial charge in [0.05, 0.1) is 5.56 Å². The number of hydrogen-bond acceptors (Lipinski definition) is 2. The molecule has 4 heteroatoms. The summed E-state index contributed by atoms with van der Waals surface area (Å²) in [4.78, 5) is 22.9. The zero-order chi connectivity index (χ0) is 14.6. The number of benzene rings is 1. The number of carboxylic acid groups (broad SMARTS) is 1. The monoisotopic (exact) mass is 263 g/mol. The predicted octanol–water partition coefficient (Wildman–Crippen LogP) is 3.38. The third kappa shape index (κ3) is 4.09. The fourth-order valence-electron chi connectivity index (χ4n) is 1.88. The zero-order valence-corrected chi connectivity index (χ0v) is 11.9. The molecule has 0 saturated heterocycles. The van der Waals surface area contributed by atoms with Crippen LogP contribution in [0.25, 0.3) is 0 Å². The van der Waals surface area contributed by atoms with Gasteiger partial charge in [0.15, 0.2) is 0 Å². The second kappa shape index (κ2) is 6.36. The molecule has 1 aromatic rings. The van der Waals surface area contributed by atoms with Crippen molar-refractivity contribution in [3.63, 3.8) is 0 Å². The van der Waals surface area contributed by atoms with Crippen LogP contribution in [0.15, 0.2) is 12.1 Å². The van der Waals surface area contributed by atoms with Gasteiger partial charge in [-0.25, -0.2) is 4.79 Å². The molecule has 0 aliphatic carbocycles. The van der Waals surface area contributed by atoms with E-state index in [2.05, 4.69) is 5.32 Å². The summed E-state index contributed by atoms with van der Waals surface area (Å²) in [5.41, 5.74) is 2.38. The highest BCUT2D eigenvalue weighted by Gasteiger charge is 2.13. The van der Waals surface area contributed by atoms with Gasteiger partial charge in [0.1, 0.15) is 0 Å². The van der Waals surface area contributed by atoms with Crippen LogP contribution in [-0.4, -0.2) is 17.0 Å². The Hall–Kier alpha value is -1.84. The number of hydrogen-bond donors (Lipinski definition) is 2. The Morgan fingerprint density at radius 3 is 2.42 bits per heavy atom. The quantitative estimate of drug-likeness (QED) is 0.855. The van der Waals surface area contributed by atoms with Crippen LogP contribution < -0.4 is 5.32 Å². The van der Waals surface area contributed by atoms with E-state index >= 15 is 0 Å². The molecule has 1 rings (SSSR count). The first-order valence-corrected chi connectivity index (χ1v) is 6.49. The van der Waals surface area contributed by atoms with Crippen LogP contribution in [0.4, 0.5) is 5.69 Å². The normalized spacial score (nSPS) is 12.0. The minimum Gasteiger partial charge on any atom is -0.478 e. The van der Waals surface area contributed by atoms with Crippen molar-refractivity contribution < 1.29 is 14.7 Å². The molecule has 1 unspecified atom stereocenters. The third-order valence-electron chi connectivity index (χ3n) is 3.31. The number of carboxylic acids is 1. The average molecular weight is 263 g/mol. The van der Waals surface area contributed by atoms with E-state index in [1.54, 1.807) is 13.0 Å². The SMILES string of the molecule is CCC(C)CC(=O)Nc1cc(C(=O)O)c(C)cc1C. The van der Waals surface area contributed by atoms with Crippen molar-refractivity contribution in [3.8, 4) is 0 Å². The molecule has 0 spiro atoms. The van der Waals surface area contributed by atoms with Gasteiger partial charge in [-0.2, -0.15) is 0 Å². The first kappa shape index (κ1) is 15.2. The molecule has 4 nitrogen and oxygen atoms in total. The van der Waals surface area contributed by atoms with Crippen LogP contribution in [0.5, 0.6) is 0 Å². The summed E-state index contributed by atoms with van der Waals surface area (Å²) in [6, 6.07) is 3.31. The van der Waals surface area contributed by atoms with Gasteiger partial charge in [-0.05, 0) is 37.0 Å². The molecule has 0 aliphatic heterocycles. The van der Waals surface area contributed by atoms with E-state index in [4.69, 9.17) is 5.11 Å². The topological polar surface area (TPSA) is 66.4 Å².